The summed E-state index contributed by atoms with van der Waals surface area (Å²) in [4.78, 5) is 25.6. The fourth-order valence-electron chi connectivity index (χ4n) is 3.86. The number of nitrogens with zero attached hydrogens (tertiary/aromatic N) is 1. The first-order valence-corrected chi connectivity index (χ1v) is 8.93. The highest BCUT2D eigenvalue weighted by molar-refractivity contribution is 5.14. The van der Waals surface area contributed by atoms with Crippen LogP contribution in [0.15, 0.2) is 21.9 Å². The van der Waals surface area contributed by atoms with E-state index in [2.05, 4.69) is 0 Å². The molecule has 0 spiro atoms. The molecule has 12 nitrogen and oxygen atoms in total. The zero-order chi connectivity index (χ0) is 21.7. The number of ether oxygens (including phenoxy) is 2. The molecule has 3 heterocycles. The number of alkyl halides is 1. The van der Waals surface area contributed by atoms with E-state index in [1.807, 2.05) is 4.98 Å². The molecule has 3 rings (SSSR count). The number of H-pyrrole nitrogens is 1. The van der Waals surface area contributed by atoms with Gasteiger partial charge < -0.3 is 40.1 Å². The van der Waals surface area contributed by atoms with Gasteiger partial charge in [-0.1, -0.05) is 6.92 Å². The molecular formula is C16H23FN2O10. The summed E-state index contributed by atoms with van der Waals surface area (Å²) in [6.45, 7) is 0.561. The van der Waals surface area contributed by atoms with Crippen LogP contribution in [0.25, 0.3) is 0 Å². The van der Waals surface area contributed by atoms with E-state index in [0.717, 1.165) is 12.3 Å². The Labute approximate surface area is 162 Å². The molecule has 2 saturated heterocycles. The number of aromatic amines is 1. The van der Waals surface area contributed by atoms with Crippen molar-refractivity contribution in [3.05, 3.63) is 33.1 Å². The maximum absolute atomic E-state index is 15.6. The van der Waals surface area contributed by atoms with Crippen LogP contribution in [-0.2, 0) is 15.2 Å². The summed E-state index contributed by atoms with van der Waals surface area (Å²) in [6, 6.07) is 0.789. The molecule has 13 heteroatoms. The van der Waals surface area contributed by atoms with Crippen LogP contribution in [0.2, 0.25) is 0 Å². The lowest BCUT2D eigenvalue weighted by atomic mass is 9.89. The monoisotopic (exact) mass is 422 g/mol. The second kappa shape index (κ2) is 7.52. The van der Waals surface area contributed by atoms with Crippen molar-refractivity contribution >= 4 is 0 Å². The third-order valence-electron chi connectivity index (χ3n) is 5.42. The molecule has 2 aliphatic heterocycles. The Morgan fingerprint density at radius 2 is 1.97 bits per heavy atom. The number of aliphatic hydroxyl groups excluding tert-OH is 5. The molecule has 0 amide bonds. The maximum atomic E-state index is 15.6. The zero-order valence-corrected chi connectivity index (χ0v) is 15.3. The van der Waals surface area contributed by atoms with Gasteiger partial charge in [-0.15, -0.1) is 0 Å². The summed E-state index contributed by atoms with van der Waals surface area (Å²) < 4.78 is 26.7. The van der Waals surface area contributed by atoms with E-state index in [9.17, 15) is 40.2 Å². The Hall–Kier alpha value is -1.71. The lowest BCUT2D eigenvalue weighted by Gasteiger charge is -2.41. The first-order chi connectivity index (χ1) is 13.5. The Balaban J connectivity index is 2.23. The van der Waals surface area contributed by atoms with E-state index in [0.29, 0.717) is 4.57 Å². The quantitative estimate of drug-likeness (QED) is 0.245. The number of nitrogens with one attached hydrogen (secondary N) is 1. The third kappa shape index (κ3) is 3.05. The van der Waals surface area contributed by atoms with Crippen LogP contribution in [0.5, 0.6) is 0 Å². The van der Waals surface area contributed by atoms with Crippen LogP contribution in [0, 0.1) is 0 Å². The third-order valence-corrected chi connectivity index (χ3v) is 5.42. The standard InChI is InChI=1S/C16H23FN2O10/c1-2-6(21)11-9(23)10(24)13(28-11)16(19-4-3-8(22)18-14(19)26)15(17,27)12(25)7(5-20)29-16/h3-4,6-7,9-13,20-21,23-25,27H,2,5H2,1H3,(H,18,22,26)/t6?,7-,9+,10+,11-,12-,13?,15-,16-/m1/s1. The van der Waals surface area contributed by atoms with Crippen molar-refractivity contribution in [3.8, 4) is 0 Å². The van der Waals surface area contributed by atoms with Gasteiger partial charge >= 0.3 is 5.69 Å². The second-order valence-electron chi connectivity index (χ2n) is 7.11. The highest BCUT2D eigenvalue weighted by Gasteiger charge is 2.75. The zero-order valence-electron chi connectivity index (χ0n) is 15.3. The molecule has 2 aliphatic rings. The van der Waals surface area contributed by atoms with Crippen LogP contribution in [0.4, 0.5) is 4.39 Å². The molecule has 1 aromatic heterocycles. The lowest BCUT2D eigenvalue weighted by Crippen LogP contribution is -2.66. The van der Waals surface area contributed by atoms with Gasteiger partial charge in [0, 0.05) is 12.3 Å². The Bertz CT molecular complexity index is 859. The number of aromatic nitrogens is 2. The van der Waals surface area contributed by atoms with Crippen LogP contribution < -0.4 is 11.2 Å². The first-order valence-electron chi connectivity index (χ1n) is 8.93. The Kier molecular flexibility index (Phi) is 5.70. The molecule has 2 unspecified atom stereocenters. The van der Waals surface area contributed by atoms with E-state index < -0.39 is 72.2 Å². The van der Waals surface area contributed by atoms with Crippen LogP contribution >= 0.6 is 0 Å². The molecule has 2 fully saturated rings. The predicted molar refractivity (Wildman–Crippen MR) is 90.3 cm³/mol. The average molecular weight is 422 g/mol. The number of hydrogen-bond acceptors (Lipinski definition) is 10. The van der Waals surface area contributed by atoms with E-state index in [-0.39, 0.29) is 6.42 Å². The molecule has 164 valence electrons. The highest BCUT2D eigenvalue weighted by Crippen LogP contribution is 2.50. The molecule has 0 radical (unpaired) electrons. The molecule has 0 bridgehead atoms. The molecular weight excluding hydrogens is 399 g/mol. The van der Waals surface area contributed by atoms with Gasteiger partial charge in [0.2, 0.25) is 5.72 Å². The summed E-state index contributed by atoms with van der Waals surface area (Å²) >= 11 is 0. The normalized spacial score (nSPS) is 43.6. The molecule has 0 aliphatic carbocycles. The largest absolute Gasteiger partial charge is 0.394 e. The minimum atomic E-state index is -3.83. The van der Waals surface area contributed by atoms with Gasteiger partial charge in [0.1, 0.15) is 36.6 Å². The fourth-order valence-corrected chi connectivity index (χ4v) is 3.86. The molecule has 7 N–H and O–H groups in total. The molecule has 9 atom stereocenters. The van der Waals surface area contributed by atoms with Gasteiger partial charge in [0.15, 0.2) is 0 Å². The fraction of sp³-hybridized carbons (Fsp3) is 0.750. The Morgan fingerprint density at radius 3 is 2.48 bits per heavy atom. The second-order valence-corrected chi connectivity index (χ2v) is 7.11. The topological polar surface area (TPSA) is 195 Å². The van der Waals surface area contributed by atoms with Crippen LogP contribution in [0.1, 0.15) is 13.3 Å². The van der Waals surface area contributed by atoms with Gasteiger partial charge in [-0.25, -0.2) is 9.18 Å². The summed E-state index contributed by atoms with van der Waals surface area (Å²) in [5.74, 6) is -3.83. The molecule has 0 aromatic carbocycles. The van der Waals surface area contributed by atoms with Gasteiger partial charge in [0.25, 0.3) is 11.4 Å². The number of hydrogen-bond donors (Lipinski definition) is 7. The molecule has 1 aromatic rings. The SMILES string of the molecule is CCC(O)[C@H]1OC([C@@]2(n3ccc(=O)[nH]c3=O)O[C@H](CO)[C@@H](O)[C@]2(O)F)[C@@H](O)[C@@H]1O. The maximum Gasteiger partial charge on any atom is 0.330 e. The van der Waals surface area contributed by atoms with Gasteiger partial charge in [0.05, 0.1) is 12.7 Å². The minimum Gasteiger partial charge on any atom is -0.394 e. The summed E-state index contributed by atoms with van der Waals surface area (Å²) in [6.07, 6.45) is -11.9. The first kappa shape index (κ1) is 22.0. The predicted octanol–water partition coefficient (Wildman–Crippen LogP) is -4.14. The Morgan fingerprint density at radius 1 is 1.31 bits per heavy atom. The van der Waals surface area contributed by atoms with E-state index >= 15 is 4.39 Å². The number of halogens is 1. The number of aliphatic hydroxyl groups is 6. The van der Waals surface area contributed by atoms with Gasteiger partial charge in [-0.3, -0.25) is 14.3 Å². The molecule has 29 heavy (non-hydrogen) atoms. The van der Waals surface area contributed by atoms with Crippen molar-refractivity contribution in [1.82, 2.24) is 9.55 Å². The van der Waals surface area contributed by atoms with E-state index in [1.54, 1.807) is 6.92 Å². The van der Waals surface area contributed by atoms with Crippen molar-refractivity contribution in [1.29, 1.82) is 0 Å². The number of rotatable bonds is 5. The van der Waals surface area contributed by atoms with Crippen molar-refractivity contribution in [3.63, 3.8) is 0 Å². The highest BCUT2D eigenvalue weighted by atomic mass is 19.2. The smallest absolute Gasteiger partial charge is 0.330 e. The molecule has 0 saturated carbocycles. The van der Waals surface area contributed by atoms with Gasteiger partial charge in [-0.2, -0.15) is 0 Å². The van der Waals surface area contributed by atoms with Crippen LogP contribution in [-0.4, -0.2) is 95.4 Å². The summed E-state index contributed by atoms with van der Waals surface area (Å²) in [5, 5.41) is 60.9. The lowest BCUT2D eigenvalue weighted by molar-refractivity contribution is -0.310. The van der Waals surface area contributed by atoms with Crippen LogP contribution in [0.3, 0.4) is 0 Å². The van der Waals surface area contributed by atoms with Crippen molar-refractivity contribution in [2.75, 3.05) is 6.61 Å². The average Bonchev–Trinajstić information content (AvgIpc) is 3.07. The minimum absolute atomic E-state index is 0.0788. The summed E-state index contributed by atoms with van der Waals surface area (Å²) in [7, 11) is 0. The van der Waals surface area contributed by atoms with Crippen molar-refractivity contribution in [2.45, 2.75) is 67.7 Å². The van der Waals surface area contributed by atoms with E-state index in [4.69, 9.17) is 9.47 Å². The van der Waals surface area contributed by atoms with Crippen molar-refractivity contribution in [2.24, 2.45) is 0 Å². The van der Waals surface area contributed by atoms with Gasteiger partial charge in [-0.05, 0) is 6.42 Å². The summed E-state index contributed by atoms with van der Waals surface area (Å²) in [5.41, 5.74) is -5.18. The van der Waals surface area contributed by atoms with E-state index in [1.165, 1.54) is 0 Å². The van der Waals surface area contributed by atoms with Crippen molar-refractivity contribution < 1.29 is 44.5 Å².